The molecule has 2 amide bonds. The Balaban J connectivity index is 0.0000240. The number of anilines is 1. The van der Waals surface area contributed by atoms with Gasteiger partial charge in [0.05, 0.1) is 52.5 Å². The van der Waals surface area contributed by atoms with E-state index in [1.807, 2.05) is 0 Å². The number of hydrogen-bond donors (Lipinski definition) is 7. The fourth-order valence-electron chi connectivity index (χ4n) is 4.54. The summed E-state index contributed by atoms with van der Waals surface area (Å²) in [5.74, 6) is -7.02. The molecule has 282 valence electrons. The van der Waals surface area contributed by atoms with Crippen molar-refractivity contribution in [2.24, 2.45) is 0 Å². The number of nitrogens with one attached hydrogen (secondary N) is 2. The summed E-state index contributed by atoms with van der Waals surface area (Å²) in [4.78, 5) is 84.4. The van der Waals surface area contributed by atoms with Crippen LogP contribution in [-0.2, 0) is 49.5 Å². The van der Waals surface area contributed by atoms with Crippen LogP contribution in [0.4, 0.5) is 5.69 Å². The average molecular weight is 716 g/mol. The van der Waals surface area contributed by atoms with E-state index in [1.165, 1.54) is 4.90 Å². The molecule has 0 spiro atoms. The second kappa shape index (κ2) is 25.3. The van der Waals surface area contributed by atoms with Crippen molar-refractivity contribution in [1.82, 2.24) is 20.0 Å². The lowest BCUT2D eigenvalue weighted by atomic mass is 10.0. The first-order valence-electron chi connectivity index (χ1n) is 15.3. The number of carbonyl (C=O) groups excluding carboxylic acids is 2. The zero-order valence-corrected chi connectivity index (χ0v) is 27.2. The number of aliphatic carboxylic acids is 5. The summed E-state index contributed by atoms with van der Waals surface area (Å²) in [5.41, 5.74) is 1.01. The summed E-state index contributed by atoms with van der Waals surface area (Å²) in [6, 6.07) is 5.52. The van der Waals surface area contributed by atoms with E-state index < -0.39 is 74.5 Å². The van der Waals surface area contributed by atoms with Crippen molar-refractivity contribution in [3.05, 3.63) is 29.8 Å². The molecule has 0 aromatic heterocycles. The molecule has 1 atom stereocenters. The summed E-state index contributed by atoms with van der Waals surface area (Å²) in [6.45, 7) is -1.09. The van der Waals surface area contributed by atoms with Crippen LogP contribution in [0.5, 0.6) is 0 Å². The fraction of sp³-hybridized carbons (Fsp3) is 0.581. The van der Waals surface area contributed by atoms with Crippen molar-refractivity contribution in [3.8, 4) is 0 Å². The largest absolute Gasteiger partial charge is 0.480 e. The number of nitrogens with zero attached hydrogens (tertiary/aromatic N) is 3. The molecule has 0 aliphatic heterocycles. The molecule has 7 N–H and O–H groups in total. The SMILES string of the molecule is C.CCC(=O)NCCOCCOCC(=O)Nc1ccc(CC(CN(CCN(CC(=O)O)CC(=O)O)CC(=O)O)N(CC(=O)O)CC(=O)O)cc1. The Morgan fingerprint density at radius 2 is 1.18 bits per heavy atom. The number of amides is 2. The lowest BCUT2D eigenvalue weighted by Crippen LogP contribution is -2.51. The number of hydrogen-bond acceptors (Lipinski definition) is 12. The number of carbonyl (C=O) groups is 7. The van der Waals surface area contributed by atoms with E-state index in [2.05, 4.69) is 10.6 Å². The van der Waals surface area contributed by atoms with E-state index in [0.717, 1.165) is 9.80 Å². The summed E-state index contributed by atoms with van der Waals surface area (Å²) in [5, 5.41) is 52.0. The highest BCUT2D eigenvalue weighted by Gasteiger charge is 2.27. The third-order valence-corrected chi connectivity index (χ3v) is 6.67. The van der Waals surface area contributed by atoms with Crippen LogP contribution >= 0.6 is 0 Å². The van der Waals surface area contributed by atoms with E-state index in [9.17, 15) is 48.9 Å². The van der Waals surface area contributed by atoms with Crippen molar-refractivity contribution >= 4 is 47.3 Å². The van der Waals surface area contributed by atoms with Gasteiger partial charge in [-0.1, -0.05) is 26.5 Å². The molecule has 0 aliphatic rings. The van der Waals surface area contributed by atoms with Gasteiger partial charge in [0.15, 0.2) is 0 Å². The fourth-order valence-corrected chi connectivity index (χ4v) is 4.54. The molecule has 0 heterocycles. The van der Waals surface area contributed by atoms with Gasteiger partial charge < -0.3 is 45.6 Å². The predicted molar refractivity (Wildman–Crippen MR) is 177 cm³/mol. The van der Waals surface area contributed by atoms with Gasteiger partial charge in [0.1, 0.15) is 6.61 Å². The molecule has 0 fully saturated rings. The lowest BCUT2D eigenvalue weighted by molar-refractivity contribution is -0.144. The highest BCUT2D eigenvalue weighted by atomic mass is 16.5. The number of carboxylic acid groups (broad SMARTS) is 5. The van der Waals surface area contributed by atoms with Gasteiger partial charge in [0, 0.05) is 44.3 Å². The first-order chi connectivity index (χ1) is 23.2. The maximum atomic E-state index is 12.3. The molecular weight excluding hydrogens is 666 g/mol. The van der Waals surface area contributed by atoms with Crippen molar-refractivity contribution in [3.63, 3.8) is 0 Å². The van der Waals surface area contributed by atoms with Crippen LogP contribution in [0.25, 0.3) is 0 Å². The maximum Gasteiger partial charge on any atom is 0.317 e. The minimum absolute atomic E-state index is 0. The summed E-state index contributed by atoms with van der Waals surface area (Å²) < 4.78 is 10.6. The molecule has 1 aromatic rings. The molecule has 0 saturated heterocycles. The van der Waals surface area contributed by atoms with Gasteiger partial charge in [-0.3, -0.25) is 48.3 Å². The quantitative estimate of drug-likeness (QED) is 0.0516. The number of ether oxygens (including phenoxy) is 2. The van der Waals surface area contributed by atoms with Gasteiger partial charge in [0.2, 0.25) is 11.8 Å². The zero-order chi connectivity index (χ0) is 36.8. The molecule has 1 unspecified atom stereocenters. The zero-order valence-electron chi connectivity index (χ0n) is 27.2. The van der Waals surface area contributed by atoms with Crippen molar-refractivity contribution < 1.29 is 68.6 Å². The predicted octanol–water partition coefficient (Wildman–Crippen LogP) is -0.939. The number of benzene rings is 1. The second-order valence-electron chi connectivity index (χ2n) is 10.8. The molecular formula is C31H49N5O14. The molecule has 1 rings (SSSR count). The van der Waals surface area contributed by atoms with Gasteiger partial charge in [0.25, 0.3) is 0 Å². The molecule has 0 saturated carbocycles. The Hall–Kier alpha value is -4.69. The highest BCUT2D eigenvalue weighted by Crippen LogP contribution is 2.15. The van der Waals surface area contributed by atoms with Crippen LogP contribution in [0.2, 0.25) is 0 Å². The molecule has 50 heavy (non-hydrogen) atoms. The van der Waals surface area contributed by atoms with Crippen LogP contribution in [0, 0.1) is 0 Å². The smallest absolute Gasteiger partial charge is 0.317 e. The van der Waals surface area contributed by atoms with Crippen LogP contribution in [0.1, 0.15) is 26.3 Å². The Labute approximate surface area is 289 Å². The summed E-state index contributed by atoms with van der Waals surface area (Å²) in [6.07, 6.45) is 0.438. The van der Waals surface area contributed by atoms with Crippen molar-refractivity contribution in [1.29, 1.82) is 0 Å². The van der Waals surface area contributed by atoms with E-state index in [0.29, 0.717) is 30.8 Å². The van der Waals surface area contributed by atoms with Gasteiger partial charge in [-0.25, -0.2) is 0 Å². The minimum atomic E-state index is -1.32. The first kappa shape index (κ1) is 45.3. The minimum Gasteiger partial charge on any atom is -0.480 e. The highest BCUT2D eigenvalue weighted by molar-refractivity contribution is 5.91. The van der Waals surface area contributed by atoms with Crippen LogP contribution in [0.3, 0.4) is 0 Å². The monoisotopic (exact) mass is 715 g/mol. The topological polar surface area (TPSA) is 273 Å². The molecule has 0 radical (unpaired) electrons. The Morgan fingerprint density at radius 3 is 1.70 bits per heavy atom. The van der Waals surface area contributed by atoms with E-state index in [-0.39, 0.29) is 59.2 Å². The molecule has 19 heteroatoms. The summed E-state index contributed by atoms with van der Waals surface area (Å²) in [7, 11) is 0. The van der Waals surface area contributed by atoms with Crippen LogP contribution in [0.15, 0.2) is 24.3 Å². The maximum absolute atomic E-state index is 12.3. The van der Waals surface area contributed by atoms with Crippen molar-refractivity contribution in [2.75, 3.05) is 90.6 Å². The van der Waals surface area contributed by atoms with E-state index >= 15 is 0 Å². The lowest BCUT2D eigenvalue weighted by Gasteiger charge is -2.34. The molecule has 0 aliphatic carbocycles. The third-order valence-electron chi connectivity index (χ3n) is 6.67. The van der Waals surface area contributed by atoms with Gasteiger partial charge in [-0.05, 0) is 24.1 Å². The van der Waals surface area contributed by atoms with E-state index in [1.54, 1.807) is 31.2 Å². The number of rotatable bonds is 28. The van der Waals surface area contributed by atoms with Gasteiger partial charge in [-0.2, -0.15) is 0 Å². The normalized spacial score (nSPS) is 11.5. The van der Waals surface area contributed by atoms with Gasteiger partial charge >= 0.3 is 29.8 Å². The standard InChI is InChI=1S/C30H45N5O14.CH4/c1-2-24(36)31-7-10-48-11-12-49-20-25(37)32-22-5-3-21(4-6-22)13-23(35(18-29(44)45)19-30(46)47)14-33(15-26(38)39)8-9-34(16-27(40)41)17-28(42)43;/h3-6,23H,2,7-20H2,1H3,(H,31,36)(H,32,37)(H,38,39)(H,40,41)(H,42,43)(H,44,45)(H,46,47);1H4. The van der Waals surface area contributed by atoms with Crippen LogP contribution in [-0.4, -0.2) is 173 Å². The first-order valence-corrected chi connectivity index (χ1v) is 15.3. The Kier molecular flexibility index (Phi) is 22.9. The third kappa shape index (κ3) is 22.0. The molecule has 19 nitrogen and oxygen atoms in total. The Bertz CT molecular complexity index is 1210. The molecule has 1 aromatic carbocycles. The van der Waals surface area contributed by atoms with Gasteiger partial charge in [-0.15, -0.1) is 0 Å². The number of carboxylic acids is 5. The average Bonchev–Trinajstić information content (AvgIpc) is 2.99. The summed E-state index contributed by atoms with van der Waals surface area (Å²) >= 11 is 0. The Morgan fingerprint density at radius 1 is 0.680 bits per heavy atom. The van der Waals surface area contributed by atoms with Crippen LogP contribution < -0.4 is 10.6 Å². The second-order valence-corrected chi connectivity index (χ2v) is 10.8. The molecule has 0 bridgehead atoms. The van der Waals surface area contributed by atoms with Crippen molar-refractivity contribution in [2.45, 2.75) is 33.2 Å². The van der Waals surface area contributed by atoms with E-state index in [4.69, 9.17) is 19.7 Å².